The molecule has 0 radical (unpaired) electrons. The molecule has 0 heterocycles. The van der Waals surface area contributed by atoms with Crippen molar-refractivity contribution in [2.24, 2.45) is 0 Å². The number of nitrogens with one attached hydrogen (secondary N) is 1. The summed E-state index contributed by atoms with van der Waals surface area (Å²) in [6.07, 6.45) is 8.25. The molecule has 0 amide bonds. The van der Waals surface area contributed by atoms with Gasteiger partial charge in [-0.2, -0.15) is 5.26 Å². The molecule has 2 atom stereocenters. The molecular formula is C14H27N3. The van der Waals surface area contributed by atoms with Crippen molar-refractivity contribution in [2.75, 3.05) is 20.6 Å². The van der Waals surface area contributed by atoms with Crippen LogP contribution in [-0.2, 0) is 0 Å². The van der Waals surface area contributed by atoms with E-state index in [1.807, 2.05) is 7.05 Å². The van der Waals surface area contributed by atoms with E-state index in [0.717, 1.165) is 19.3 Å². The predicted octanol–water partition coefficient (Wildman–Crippen LogP) is 2.53. The zero-order valence-electron chi connectivity index (χ0n) is 11.6. The molecule has 0 aromatic rings. The molecule has 0 aliphatic heterocycles. The standard InChI is InChI=1S/C14H27N3/c1-4-5-6-10-17(3)13-8-7-9-14(11-13,12-15)16-2/h13,16H,4-11H2,1-3H3. The van der Waals surface area contributed by atoms with E-state index < -0.39 is 0 Å². The Morgan fingerprint density at radius 2 is 2.24 bits per heavy atom. The highest BCUT2D eigenvalue weighted by atomic mass is 15.1. The van der Waals surface area contributed by atoms with E-state index in [4.69, 9.17) is 0 Å². The summed E-state index contributed by atoms with van der Waals surface area (Å²) in [5.74, 6) is 0. The third-order valence-corrected chi connectivity index (χ3v) is 4.16. The van der Waals surface area contributed by atoms with E-state index in [1.54, 1.807) is 0 Å². The van der Waals surface area contributed by atoms with Crippen molar-refractivity contribution in [1.82, 2.24) is 10.2 Å². The first kappa shape index (κ1) is 14.5. The second-order valence-electron chi connectivity index (χ2n) is 5.38. The SMILES string of the molecule is CCCCCN(C)C1CCCC(C#N)(NC)C1. The van der Waals surface area contributed by atoms with Gasteiger partial charge in [-0.1, -0.05) is 19.8 Å². The minimum absolute atomic E-state index is 0.276. The molecule has 3 heteroatoms. The zero-order valence-corrected chi connectivity index (χ0v) is 11.6. The molecular weight excluding hydrogens is 210 g/mol. The summed E-state index contributed by atoms with van der Waals surface area (Å²) in [7, 11) is 4.13. The summed E-state index contributed by atoms with van der Waals surface area (Å²) in [6.45, 7) is 3.41. The highest BCUT2D eigenvalue weighted by Crippen LogP contribution is 2.30. The number of hydrogen-bond donors (Lipinski definition) is 1. The van der Waals surface area contributed by atoms with E-state index in [1.165, 1.54) is 32.2 Å². The minimum Gasteiger partial charge on any atom is -0.303 e. The maximum absolute atomic E-state index is 9.32. The van der Waals surface area contributed by atoms with Crippen LogP contribution in [0.3, 0.4) is 0 Å². The van der Waals surface area contributed by atoms with Gasteiger partial charge in [0.15, 0.2) is 0 Å². The quantitative estimate of drug-likeness (QED) is 0.722. The maximum atomic E-state index is 9.32. The predicted molar refractivity (Wildman–Crippen MR) is 71.8 cm³/mol. The van der Waals surface area contributed by atoms with Crippen LogP contribution in [0.15, 0.2) is 0 Å². The minimum atomic E-state index is -0.276. The average molecular weight is 237 g/mol. The van der Waals surface area contributed by atoms with Crippen LogP contribution in [0.5, 0.6) is 0 Å². The number of rotatable bonds is 6. The molecule has 0 aromatic heterocycles. The molecule has 0 bridgehead atoms. The Kier molecular flexibility index (Phi) is 5.94. The van der Waals surface area contributed by atoms with Gasteiger partial charge < -0.3 is 10.2 Å². The van der Waals surface area contributed by atoms with Gasteiger partial charge >= 0.3 is 0 Å². The lowest BCUT2D eigenvalue weighted by atomic mass is 9.79. The molecule has 17 heavy (non-hydrogen) atoms. The van der Waals surface area contributed by atoms with Crippen LogP contribution in [0.2, 0.25) is 0 Å². The molecule has 0 aromatic carbocycles. The summed E-state index contributed by atoms with van der Waals surface area (Å²) in [5.41, 5.74) is -0.276. The average Bonchev–Trinajstić information content (AvgIpc) is 2.39. The summed E-state index contributed by atoms with van der Waals surface area (Å²) in [4.78, 5) is 2.46. The number of unbranched alkanes of at least 4 members (excludes halogenated alkanes) is 2. The van der Waals surface area contributed by atoms with Crippen molar-refractivity contribution >= 4 is 0 Å². The zero-order chi connectivity index (χ0) is 12.7. The fourth-order valence-corrected chi connectivity index (χ4v) is 2.80. The Balaban J connectivity index is 2.46. The van der Waals surface area contributed by atoms with Crippen LogP contribution in [0.25, 0.3) is 0 Å². The van der Waals surface area contributed by atoms with Gasteiger partial charge in [-0.3, -0.25) is 0 Å². The lowest BCUT2D eigenvalue weighted by Gasteiger charge is -2.39. The van der Waals surface area contributed by atoms with Crippen LogP contribution in [0.1, 0.15) is 51.9 Å². The maximum Gasteiger partial charge on any atom is 0.108 e. The van der Waals surface area contributed by atoms with E-state index in [0.29, 0.717) is 6.04 Å². The van der Waals surface area contributed by atoms with E-state index in [2.05, 4.69) is 30.3 Å². The molecule has 1 aliphatic rings. The number of nitriles is 1. The van der Waals surface area contributed by atoms with Gasteiger partial charge in [0.05, 0.1) is 6.07 Å². The summed E-state index contributed by atoms with van der Waals surface area (Å²) >= 11 is 0. The summed E-state index contributed by atoms with van der Waals surface area (Å²) in [6, 6.07) is 3.06. The first-order valence-electron chi connectivity index (χ1n) is 6.98. The second kappa shape index (κ2) is 6.98. The van der Waals surface area contributed by atoms with Crippen LogP contribution >= 0.6 is 0 Å². The van der Waals surface area contributed by atoms with Crippen molar-refractivity contribution < 1.29 is 0 Å². The lowest BCUT2D eigenvalue weighted by Crippen LogP contribution is -2.50. The molecule has 1 N–H and O–H groups in total. The van der Waals surface area contributed by atoms with Crippen molar-refractivity contribution in [3.05, 3.63) is 0 Å². The Morgan fingerprint density at radius 1 is 1.47 bits per heavy atom. The van der Waals surface area contributed by atoms with E-state index >= 15 is 0 Å². The molecule has 1 saturated carbocycles. The molecule has 2 unspecified atom stereocenters. The van der Waals surface area contributed by atoms with Gasteiger partial charge in [0.2, 0.25) is 0 Å². The highest BCUT2D eigenvalue weighted by Gasteiger charge is 2.36. The van der Waals surface area contributed by atoms with Gasteiger partial charge in [0.25, 0.3) is 0 Å². The van der Waals surface area contributed by atoms with E-state index in [-0.39, 0.29) is 5.54 Å². The molecule has 1 rings (SSSR count). The van der Waals surface area contributed by atoms with Gasteiger partial charge in [0.1, 0.15) is 5.54 Å². The third kappa shape index (κ3) is 3.97. The topological polar surface area (TPSA) is 39.1 Å². The Hall–Kier alpha value is -0.590. The Morgan fingerprint density at radius 3 is 2.82 bits per heavy atom. The van der Waals surface area contributed by atoms with Gasteiger partial charge in [0, 0.05) is 6.04 Å². The van der Waals surface area contributed by atoms with Crippen LogP contribution in [0, 0.1) is 11.3 Å². The Bertz CT molecular complexity index is 259. The molecule has 3 nitrogen and oxygen atoms in total. The second-order valence-corrected chi connectivity index (χ2v) is 5.38. The summed E-state index contributed by atoms with van der Waals surface area (Å²) < 4.78 is 0. The van der Waals surface area contributed by atoms with Gasteiger partial charge in [-0.25, -0.2) is 0 Å². The highest BCUT2D eigenvalue weighted by molar-refractivity contribution is 5.10. The van der Waals surface area contributed by atoms with Crippen LogP contribution in [0.4, 0.5) is 0 Å². The normalized spacial score (nSPS) is 29.2. The van der Waals surface area contributed by atoms with E-state index in [9.17, 15) is 5.26 Å². The summed E-state index contributed by atoms with van der Waals surface area (Å²) in [5, 5.41) is 12.6. The van der Waals surface area contributed by atoms with Crippen LogP contribution < -0.4 is 5.32 Å². The molecule has 1 fully saturated rings. The Labute approximate surface area is 106 Å². The van der Waals surface area contributed by atoms with Crippen molar-refractivity contribution in [2.45, 2.75) is 63.5 Å². The third-order valence-electron chi connectivity index (χ3n) is 4.16. The largest absolute Gasteiger partial charge is 0.303 e. The smallest absolute Gasteiger partial charge is 0.108 e. The molecule has 0 saturated heterocycles. The monoisotopic (exact) mass is 237 g/mol. The first-order chi connectivity index (χ1) is 8.17. The lowest BCUT2D eigenvalue weighted by molar-refractivity contribution is 0.146. The first-order valence-corrected chi connectivity index (χ1v) is 6.98. The van der Waals surface area contributed by atoms with Crippen molar-refractivity contribution in [3.63, 3.8) is 0 Å². The van der Waals surface area contributed by atoms with Crippen molar-refractivity contribution in [1.29, 1.82) is 5.26 Å². The van der Waals surface area contributed by atoms with Crippen molar-refractivity contribution in [3.8, 4) is 6.07 Å². The molecule has 0 spiro atoms. The molecule has 1 aliphatic carbocycles. The fraction of sp³-hybridized carbons (Fsp3) is 0.929. The fourth-order valence-electron chi connectivity index (χ4n) is 2.80. The van der Waals surface area contributed by atoms with Gasteiger partial charge in [-0.05, 0) is 52.7 Å². The number of nitrogens with zero attached hydrogens (tertiary/aromatic N) is 2. The molecule has 98 valence electrons. The van der Waals surface area contributed by atoms with Gasteiger partial charge in [-0.15, -0.1) is 0 Å². The number of hydrogen-bond acceptors (Lipinski definition) is 3. The van der Waals surface area contributed by atoms with Crippen LogP contribution in [-0.4, -0.2) is 37.1 Å².